The normalized spacial score (nSPS) is 19.4. The Morgan fingerprint density at radius 3 is 2.76 bits per heavy atom. The molecule has 0 spiro atoms. The number of furan rings is 1. The number of halogens is 1. The summed E-state index contributed by atoms with van der Waals surface area (Å²) < 4.78 is 5.60. The van der Waals surface area contributed by atoms with E-state index in [0.29, 0.717) is 11.3 Å². The number of piperazine rings is 1. The Kier molecular flexibility index (Phi) is 4.89. The molecule has 0 radical (unpaired) electrons. The van der Waals surface area contributed by atoms with E-state index in [0.717, 1.165) is 38.4 Å². The average molecular weight is 257 g/mol. The van der Waals surface area contributed by atoms with Crippen molar-refractivity contribution in [3.05, 3.63) is 23.1 Å². The highest BCUT2D eigenvalue weighted by atomic mass is 35.5. The Bertz CT molecular complexity index is 334. The zero-order chi connectivity index (χ0) is 12.1. The Morgan fingerprint density at radius 1 is 1.41 bits per heavy atom. The lowest BCUT2D eigenvalue weighted by molar-refractivity contribution is 0.144. The predicted molar refractivity (Wildman–Crippen MR) is 70.4 cm³/mol. The predicted octanol–water partition coefficient (Wildman–Crippen LogP) is 3.07. The fraction of sp³-hybridized carbons (Fsp3) is 0.692. The molecule has 2 heterocycles. The molecule has 96 valence electrons. The molecular weight excluding hydrogens is 236 g/mol. The minimum atomic E-state index is 0.393. The quantitative estimate of drug-likeness (QED) is 0.878. The summed E-state index contributed by atoms with van der Waals surface area (Å²) in [4.78, 5) is 2.50. The first-order valence-corrected chi connectivity index (χ1v) is 6.89. The molecule has 17 heavy (non-hydrogen) atoms. The second-order valence-corrected chi connectivity index (χ2v) is 4.96. The highest BCUT2D eigenvalue weighted by Gasteiger charge is 2.24. The Hall–Kier alpha value is -0.510. The van der Waals surface area contributed by atoms with Gasteiger partial charge in [0.1, 0.15) is 5.76 Å². The summed E-state index contributed by atoms with van der Waals surface area (Å²) in [5.74, 6) is 1.02. The molecule has 0 aliphatic carbocycles. The van der Waals surface area contributed by atoms with Crippen molar-refractivity contribution >= 4 is 11.6 Å². The topological polar surface area (TPSA) is 28.4 Å². The van der Waals surface area contributed by atoms with Crippen molar-refractivity contribution in [2.75, 3.05) is 26.2 Å². The van der Waals surface area contributed by atoms with Crippen LogP contribution in [0.5, 0.6) is 0 Å². The van der Waals surface area contributed by atoms with E-state index in [1.54, 1.807) is 0 Å². The maximum absolute atomic E-state index is 5.88. The van der Waals surface area contributed by atoms with Crippen molar-refractivity contribution in [2.24, 2.45) is 0 Å². The van der Waals surface area contributed by atoms with Crippen LogP contribution in [0.4, 0.5) is 0 Å². The zero-order valence-corrected chi connectivity index (χ0v) is 11.2. The molecule has 1 aliphatic heterocycles. The smallest absolute Gasteiger partial charge is 0.193 e. The molecule has 0 saturated carbocycles. The van der Waals surface area contributed by atoms with E-state index in [4.69, 9.17) is 16.0 Å². The summed E-state index contributed by atoms with van der Waals surface area (Å²) in [7, 11) is 0. The lowest BCUT2D eigenvalue weighted by Gasteiger charge is -2.33. The fourth-order valence-corrected chi connectivity index (χ4v) is 2.56. The van der Waals surface area contributed by atoms with Crippen molar-refractivity contribution in [2.45, 2.75) is 32.2 Å². The largest absolute Gasteiger partial charge is 0.448 e. The lowest BCUT2D eigenvalue weighted by Crippen LogP contribution is -2.45. The van der Waals surface area contributed by atoms with Crippen molar-refractivity contribution in [1.82, 2.24) is 10.2 Å². The van der Waals surface area contributed by atoms with Gasteiger partial charge >= 0.3 is 0 Å². The van der Waals surface area contributed by atoms with Gasteiger partial charge in [-0.05, 0) is 30.2 Å². The molecule has 1 aromatic heterocycles. The van der Waals surface area contributed by atoms with E-state index < -0.39 is 0 Å². The summed E-state index contributed by atoms with van der Waals surface area (Å²) in [6.45, 7) is 6.54. The highest BCUT2D eigenvalue weighted by molar-refractivity contribution is 6.28. The molecule has 1 saturated heterocycles. The van der Waals surface area contributed by atoms with Crippen LogP contribution in [-0.4, -0.2) is 31.1 Å². The molecule has 1 aromatic rings. The molecular formula is C13H21ClN2O. The summed E-state index contributed by atoms with van der Waals surface area (Å²) >= 11 is 5.88. The van der Waals surface area contributed by atoms with Gasteiger partial charge in [-0.15, -0.1) is 0 Å². The number of hydrogen-bond donors (Lipinski definition) is 1. The van der Waals surface area contributed by atoms with Crippen LogP contribution >= 0.6 is 11.6 Å². The van der Waals surface area contributed by atoms with Crippen molar-refractivity contribution < 1.29 is 4.42 Å². The van der Waals surface area contributed by atoms with Gasteiger partial charge in [-0.1, -0.05) is 19.8 Å². The van der Waals surface area contributed by atoms with Gasteiger partial charge in [-0.25, -0.2) is 0 Å². The maximum atomic E-state index is 5.88. The van der Waals surface area contributed by atoms with Crippen LogP contribution in [0.1, 0.15) is 38.0 Å². The maximum Gasteiger partial charge on any atom is 0.193 e. The van der Waals surface area contributed by atoms with Crippen molar-refractivity contribution in [3.63, 3.8) is 0 Å². The molecule has 0 aromatic carbocycles. The lowest BCUT2D eigenvalue weighted by atomic mass is 10.0. The van der Waals surface area contributed by atoms with Gasteiger partial charge in [0, 0.05) is 26.2 Å². The second kappa shape index (κ2) is 6.43. The van der Waals surface area contributed by atoms with Gasteiger partial charge in [0.2, 0.25) is 0 Å². The molecule has 1 N–H and O–H groups in total. The first-order valence-electron chi connectivity index (χ1n) is 6.51. The van der Waals surface area contributed by atoms with Crippen LogP contribution in [0, 0.1) is 0 Å². The van der Waals surface area contributed by atoms with E-state index in [2.05, 4.69) is 17.1 Å². The summed E-state index contributed by atoms with van der Waals surface area (Å²) in [5, 5.41) is 3.88. The minimum absolute atomic E-state index is 0.393. The monoisotopic (exact) mass is 256 g/mol. The minimum Gasteiger partial charge on any atom is -0.448 e. The molecule has 2 rings (SSSR count). The first kappa shape index (κ1) is 12.9. The number of hydrogen-bond acceptors (Lipinski definition) is 3. The molecule has 3 nitrogen and oxygen atoms in total. The highest BCUT2D eigenvalue weighted by Crippen LogP contribution is 2.29. The van der Waals surface area contributed by atoms with Crippen LogP contribution in [0.3, 0.4) is 0 Å². The fourth-order valence-electron chi connectivity index (χ4n) is 2.40. The van der Waals surface area contributed by atoms with Crippen LogP contribution in [-0.2, 0) is 0 Å². The molecule has 0 bridgehead atoms. The SMILES string of the molecule is CCCC[C@H](c1ccc(Cl)o1)N1CCNCC1. The Balaban J connectivity index is 2.06. The van der Waals surface area contributed by atoms with Crippen molar-refractivity contribution in [3.8, 4) is 0 Å². The number of rotatable bonds is 5. The third kappa shape index (κ3) is 3.47. The number of unbranched alkanes of at least 4 members (excludes halogenated alkanes) is 1. The zero-order valence-electron chi connectivity index (χ0n) is 10.4. The molecule has 0 amide bonds. The second-order valence-electron chi connectivity index (χ2n) is 4.59. The van der Waals surface area contributed by atoms with E-state index in [-0.39, 0.29) is 0 Å². The van der Waals surface area contributed by atoms with E-state index in [9.17, 15) is 0 Å². The van der Waals surface area contributed by atoms with Crippen LogP contribution < -0.4 is 5.32 Å². The molecule has 1 aliphatic rings. The van der Waals surface area contributed by atoms with Gasteiger partial charge in [-0.2, -0.15) is 0 Å². The third-order valence-electron chi connectivity index (χ3n) is 3.35. The summed E-state index contributed by atoms with van der Waals surface area (Å²) in [6, 6.07) is 4.26. The van der Waals surface area contributed by atoms with Crippen LogP contribution in [0.25, 0.3) is 0 Å². The van der Waals surface area contributed by atoms with Gasteiger partial charge in [0.25, 0.3) is 0 Å². The first-order chi connectivity index (χ1) is 8.31. The molecule has 4 heteroatoms. The summed E-state index contributed by atoms with van der Waals surface area (Å²) in [5.41, 5.74) is 0. The van der Waals surface area contributed by atoms with Crippen LogP contribution in [0.2, 0.25) is 5.22 Å². The number of nitrogens with one attached hydrogen (secondary N) is 1. The van der Waals surface area contributed by atoms with Gasteiger partial charge < -0.3 is 9.73 Å². The van der Waals surface area contributed by atoms with E-state index in [1.807, 2.05) is 12.1 Å². The molecule has 1 atom stereocenters. The van der Waals surface area contributed by atoms with Crippen LogP contribution in [0.15, 0.2) is 16.5 Å². The summed E-state index contributed by atoms with van der Waals surface area (Å²) in [6.07, 6.45) is 3.60. The van der Waals surface area contributed by atoms with Crippen molar-refractivity contribution in [1.29, 1.82) is 0 Å². The number of nitrogens with zero attached hydrogens (tertiary/aromatic N) is 1. The third-order valence-corrected chi connectivity index (χ3v) is 3.55. The van der Waals surface area contributed by atoms with Gasteiger partial charge in [0.05, 0.1) is 6.04 Å². The van der Waals surface area contributed by atoms with Gasteiger partial charge in [0.15, 0.2) is 5.22 Å². The van der Waals surface area contributed by atoms with E-state index in [1.165, 1.54) is 12.8 Å². The molecule has 0 unspecified atom stereocenters. The van der Waals surface area contributed by atoms with E-state index >= 15 is 0 Å². The van der Waals surface area contributed by atoms with Gasteiger partial charge in [-0.3, -0.25) is 4.90 Å². The Morgan fingerprint density at radius 2 is 2.18 bits per heavy atom. The molecule has 1 fully saturated rings. The Labute approximate surface area is 108 Å². The average Bonchev–Trinajstić information content (AvgIpc) is 2.78. The standard InChI is InChI=1S/C13H21ClN2O/c1-2-3-4-11(12-5-6-13(14)17-12)16-9-7-15-8-10-16/h5-6,11,15H,2-4,7-10H2,1H3/t11-/m1/s1.